The molecule has 1 aliphatic heterocycles. The Morgan fingerprint density at radius 2 is 1.90 bits per heavy atom. The summed E-state index contributed by atoms with van der Waals surface area (Å²) in [4.78, 5) is 12.1. The third-order valence-electron chi connectivity index (χ3n) is 6.38. The summed E-state index contributed by atoms with van der Waals surface area (Å²) in [6.45, 7) is 0.567. The van der Waals surface area contributed by atoms with Crippen molar-refractivity contribution in [2.75, 3.05) is 6.61 Å². The fourth-order valence-electron chi connectivity index (χ4n) is 5.78. The Balaban J connectivity index is 1.68. The van der Waals surface area contributed by atoms with E-state index in [1.54, 1.807) is 0 Å². The van der Waals surface area contributed by atoms with Crippen molar-refractivity contribution in [3.63, 3.8) is 0 Å². The van der Waals surface area contributed by atoms with Crippen molar-refractivity contribution in [3.05, 3.63) is 47.0 Å². The number of carbonyl (C=O) groups excluding carboxylic acids is 1. The molecule has 1 heterocycles. The van der Waals surface area contributed by atoms with Crippen molar-refractivity contribution >= 4 is 5.97 Å². The van der Waals surface area contributed by atoms with Crippen LogP contribution in [0.25, 0.3) is 0 Å². The van der Waals surface area contributed by atoms with Gasteiger partial charge in [-0.2, -0.15) is 0 Å². The van der Waals surface area contributed by atoms with Crippen LogP contribution in [0.4, 0.5) is 0 Å². The highest BCUT2D eigenvalue weighted by Crippen LogP contribution is 2.83. The normalized spacial score (nSPS) is 41.0. The van der Waals surface area contributed by atoms with Crippen LogP contribution in [0.5, 0.6) is 0 Å². The summed E-state index contributed by atoms with van der Waals surface area (Å²) in [5.74, 6) is 0.427. The van der Waals surface area contributed by atoms with E-state index in [0.717, 1.165) is 12.0 Å². The van der Waals surface area contributed by atoms with Crippen LogP contribution in [0, 0.1) is 11.3 Å². The topological polar surface area (TPSA) is 26.3 Å². The van der Waals surface area contributed by atoms with Crippen LogP contribution >= 0.6 is 0 Å². The number of fused-ring (bicyclic) bond motifs is 2. The van der Waals surface area contributed by atoms with Crippen LogP contribution < -0.4 is 0 Å². The molecule has 102 valence electrons. The van der Waals surface area contributed by atoms with Gasteiger partial charge < -0.3 is 4.74 Å². The summed E-state index contributed by atoms with van der Waals surface area (Å²) in [6, 6.07) is 10.9. The molecule has 0 radical (unpaired) electrons. The highest BCUT2D eigenvalue weighted by Gasteiger charge is 2.81. The Bertz CT molecular complexity index is 645. The minimum Gasteiger partial charge on any atom is -0.458 e. The average Bonchev–Trinajstić information content (AvgIpc) is 2.72. The number of ether oxygens (including phenoxy) is 1. The van der Waals surface area contributed by atoms with Crippen molar-refractivity contribution in [1.82, 2.24) is 0 Å². The van der Waals surface area contributed by atoms with Crippen LogP contribution in [0.2, 0.25) is 0 Å². The van der Waals surface area contributed by atoms with Gasteiger partial charge in [0, 0.05) is 16.9 Å². The molecular weight excluding hydrogens is 248 g/mol. The third kappa shape index (κ3) is 1.00. The molecule has 5 rings (SSSR count). The zero-order valence-corrected chi connectivity index (χ0v) is 11.5. The first-order valence-corrected chi connectivity index (χ1v) is 7.74. The van der Waals surface area contributed by atoms with Crippen molar-refractivity contribution in [3.8, 4) is 0 Å². The van der Waals surface area contributed by atoms with Crippen molar-refractivity contribution in [1.29, 1.82) is 0 Å². The lowest BCUT2D eigenvalue weighted by Gasteiger charge is -2.31. The summed E-state index contributed by atoms with van der Waals surface area (Å²) in [5.41, 5.74) is 4.44. The SMILES string of the molecule is O=C1OCC2=C1C1C3(CCCCC13c1ccccc1)C2. The third-order valence-corrected chi connectivity index (χ3v) is 6.38. The van der Waals surface area contributed by atoms with Gasteiger partial charge in [0.25, 0.3) is 0 Å². The quantitative estimate of drug-likeness (QED) is 0.728. The molecule has 3 atom stereocenters. The molecule has 4 aliphatic rings. The molecule has 2 saturated carbocycles. The highest BCUT2D eigenvalue weighted by molar-refractivity contribution is 5.95. The maximum atomic E-state index is 12.1. The predicted molar refractivity (Wildman–Crippen MR) is 75.1 cm³/mol. The Kier molecular flexibility index (Phi) is 1.87. The molecule has 2 fully saturated rings. The van der Waals surface area contributed by atoms with Crippen molar-refractivity contribution in [2.24, 2.45) is 11.3 Å². The fraction of sp³-hybridized carbons (Fsp3) is 0.500. The van der Waals surface area contributed by atoms with E-state index in [0.29, 0.717) is 17.9 Å². The molecule has 2 nitrogen and oxygen atoms in total. The van der Waals surface area contributed by atoms with Gasteiger partial charge in [-0.3, -0.25) is 0 Å². The molecular formula is C18H18O2. The minimum absolute atomic E-state index is 0.0217. The van der Waals surface area contributed by atoms with Gasteiger partial charge in [0.2, 0.25) is 0 Å². The first kappa shape index (κ1) is 11.1. The molecule has 0 amide bonds. The van der Waals surface area contributed by atoms with Gasteiger partial charge in [0.15, 0.2) is 0 Å². The molecule has 20 heavy (non-hydrogen) atoms. The van der Waals surface area contributed by atoms with E-state index in [4.69, 9.17) is 4.74 Å². The summed E-state index contributed by atoms with van der Waals surface area (Å²) in [5, 5.41) is 0. The molecule has 3 unspecified atom stereocenters. The number of benzene rings is 1. The van der Waals surface area contributed by atoms with Crippen molar-refractivity contribution < 1.29 is 9.53 Å². The number of rotatable bonds is 1. The van der Waals surface area contributed by atoms with Gasteiger partial charge in [0.05, 0.1) is 0 Å². The number of hydrogen-bond acceptors (Lipinski definition) is 2. The van der Waals surface area contributed by atoms with E-state index in [1.807, 2.05) is 0 Å². The Morgan fingerprint density at radius 1 is 1.10 bits per heavy atom. The molecule has 1 aromatic rings. The second kappa shape index (κ2) is 3.36. The maximum absolute atomic E-state index is 12.1. The molecule has 0 bridgehead atoms. The number of hydrogen-bond donors (Lipinski definition) is 0. The first-order chi connectivity index (χ1) is 9.80. The smallest absolute Gasteiger partial charge is 0.334 e. The lowest BCUT2D eigenvalue weighted by atomic mass is 9.72. The molecule has 1 aromatic carbocycles. The van der Waals surface area contributed by atoms with E-state index in [9.17, 15) is 4.79 Å². The van der Waals surface area contributed by atoms with Gasteiger partial charge in [0.1, 0.15) is 6.61 Å². The molecule has 1 spiro atoms. The standard InChI is InChI=1S/C18H18O2/c19-16-14-12(11-20-16)10-17-8-4-5-9-18(17,15(14)17)13-6-2-1-3-7-13/h1-3,6-7,15H,4-5,8-11H2. The first-order valence-electron chi connectivity index (χ1n) is 7.74. The van der Waals surface area contributed by atoms with E-state index in [2.05, 4.69) is 30.3 Å². The molecule has 0 aromatic heterocycles. The highest BCUT2D eigenvalue weighted by atomic mass is 16.5. The van der Waals surface area contributed by atoms with Gasteiger partial charge >= 0.3 is 5.97 Å². The summed E-state index contributed by atoms with van der Waals surface area (Å²) in [6.07, 6.45) is 6.25. The number of cyclic esters (lactones) is 1. The van der Waals surface area contributed by atoms with E-state index in [-0.39, 0.29) is 11.4 Å². The molecule has 2 heteroatoms. The number of carbonyl (C=O) groups is 1. The number of esters is 1. The average molecular weight is 266 g/mol. The maximum Gasteiger partial charge on any atom is 0.334 e. The summed E-state index contributed by atoms with van der Waals surface area (Å²) in [7, 11) is 0. The monoisotopic (exact) mass is 266 g/mol. The molecule has 3 aliphatic carbocycles. The Morgan fingerprint density at radius 3 is 2.75 bits per heavy atom. The lowest BCUT2D eigenvalue weighted by molar-refractivity contribution is -0.136. The van der Waals surface area contributed by atoms with E-state index >= 15 is 0 Å². The minimum atomic E-state index is -0.0217. The van der Waals surface area contributed by atoms with Crippen LogP contribution in [-0.2, 0) is 14.9 Å². The Hall–Kier alpha value is -1.57. The molecule has 0 saturated heterocycles. The van der Waals surface area contributed by atoms with Crippen LogP contribution in [0.15, 0.2) is 41.5 Å². The lowest BCUT2D eigenvalue weighted by Crippen LogP contribution is -2.24. The van der Waals surface area contributed by atoms with E-state index in [1.165, 1.54) is 36.8 Å². The van der Waals surface area contributed by atoms with Gasteiger partial charge in [-0.25, -0.2) is 4.79 Å². The van der Waals surface area contributed by atoms with Gasteiger partial charge in [-0.1, -0.05) is 43.2 Å². The summed E-state index contributed by atoms with van der Waals surface area (Å²) < 4.78 is 5.29. The fourth-order valence-corrected chi connectivity index (χ4v) is 5.78. The van der Waals surface area contributed by atoms with Crippen LogP contribution in [0.1, 0.15) is 37.7 Å². The zero-order chi connectivity index (χ0) is 13.4. The van der Waals surface area contributed by atoms with Crippen LogP contribution in [0.3, 0.4) is 0 Å². The van der Waals surface area contributed by atoms with Gasteiger partial charge in [-0.05, 0) is 35.8 Å². The van der Waals surface area contributed by atoms with Crippen LogP contribution in [-0.4, -0.2) is 12.6 Å². The second-order valence-electron chi connectivity index (χ2n) is 6.90. The van der Waals surface area contributed by atoms with Crippen molar-refractivity contribution in [2.45, 2.75) is 37.5 Å². The van der Waals surface area contributed by atoms with Gasteiger partial charge in [-0.15, -0.1) is 0 Å². The molecule has 0 N–H and O–H groups in total. The predicted octanol–water partition coefficient (Wildman–Crippen LogP) is 3.37. The van der Waals surface area contributed by atoms with E-state index < -0.39 is 0 Å². The summed E-state index contributed by atoms with van der Waals surface area (Å²) >= 11 is 0. The second-order valence-corrected chi connectivity index (χ2v) is 6.90. The zero-order valence-electron chi connectivity index (χ0n) is 11.5. The Labute approximate surface area is 118 Å². The largest absolute Gasteiger partial charge is 0.458 e.